The molecule has 108 valence electrons. The van der Waals surface area contributed by atoms with E-state index in [0.717, 1.165) is 49.7 Å². The van der Waals surface area contributed by atoms with Crippen molar-refractivity contribution in [1.29, 1.82) is 0 Å². The minimum absolute atomic E-state index is 0.539. The fourth-order valence-corrected chi connectivity index (χ4v) is 2.32. The van der Waals surface area contributed by atoms with Gasteiger partial charge in [0.15, 0.2) is 0 Å². The second kappa shape index (κ2) is 8.12. The second-order valence-corrected chi connectivity index (χ2v) is 4.92. The zero-order chi connectivity index (χ0) is 14.3. The standard InChI is InChI=1S/C15H28N4/c1-5-19(6-2)9-7-8-17-15-14(11-16)12(3)10-13(4)18-15/h10H,5-9,11,16H2,1-4H3,(H,17,18). The summed E-state index contributed by atoms with van der Waals surface area (Å²) in [4.78, 5) is 6.99. The number of nitrogens with zero attached hydrogens (tertiary/aromatic N) is 2. The van der Waals surface area contributed by atoms with Crippen molar-refractivity contribution < 1.29 is 0 Å². The number of aryl methyl sites for hydroxylation is 2. The molecule has 0 spiro atoms. The van der Waals surface area contributed by atoms with Crippen molar-refractivity contribution in [1.82, 2.24) is 9.88 Å². The fraction of sp³-hybridized carbons (Fsp3) is 0.667. The van der Waals surface area contributed by atoms with Gasteiger partial charge in [0.2, 0.25) is 0 Å². The molecule has 3 N–H and O–H groups in total. The Bertz CT molecular complexity index is 386. The molecule has 0 amide bonds. The maximum atomic E-state index is 5.81. The van der Waals surface area contributed by atoms with Gasteiger partial charge in [-0.15, -0.1) is 0 Å². The maximum Gasteiger partial charge on any atom is 0.131 e. The normalized spacial score (nSPS) is 11.1. The van der Waals surface area contributed by atoms with Crippen LogP contribution in [0.4, 0.5) is 5.82 Å². The summed E-state index contributed by atoms with van der Waals surface area (Å²) in [5, 5.41) is 3.43. The van der Waals surface area contributed by atoms with Crippen LogP contribution in [0.5, 0.6) is 0 Å². The Kier molecular flexibility index (Phi) is 6.81. The van der Waals surface area contributed by atoms with Crippen molar-refractivity contribution in [3.8, 4) is 0 Å². The lowest BCUT2D eigenvalue weighted by Crippen LogP contribution is -2.25. The van der Waals surface area contributed by atoms with Crippen molar-refractivity contribution >= 4 is 5.82 Å². The molecule has 1 rings (SSSR count). The average Bonchev–Trinajstić information content (AvgIpc) is 2.38. The number of nitrogens with two attached hydrogens (primary N) is 1. The van der Waals surface area contributed by atoms with Gasteiger partial charge in [-0.25, -0.2) is 4.98 Å². The van der Waals surface area contributed by atoms with Crippen LogP contribution in [0.1, 0.15) is 37.1 Å². The lowest BCUT2D eigenvalue weighted by molar-refractivity contribution is 0.303. The average molecular weight is 264 g/mol. The first-order valence-corrected chi connectivity index (χ1v) is 7.25. The van der Waals surface area contributed by atoms with Gasteiger partial charge in [0.25, 0.3) is 0 Å². The smallest absolute Gasteiger partial charge is 0.131 e. The highest BCUT2D eigenvalue weighted by atomic mass is 15.1. The monoisotopic (exact) mass is 264 g/mol. The molecule has 1 aromatic heterocycles. The van der Waals surface area contributed by atoms with Crippen molar-refractivity contribution in [2.75, 3.05) is 31.5 Å². The number of nitrogens with one attached hydrogen (secondary N) is 1. The molecule has 0 atom stereocenters. The maximum absolute atomic E-state index is 5.81. The lowest BCUT2D eigenvalue weighted by Gasteiger charge is -2.18. The summed E-state index contributed by atoms with van der Waals surface area (Å²) in [6, 6.07) is 2.09. The van der Waals surface area contributed by atoms with E-state index in [1.54, 1.807) is 0 Å². The summed E-state index contributed by atoms with van der Waals surface area (Å²) in [6.45, 7) is 13.4. The molecule has 0 aliphatic heterocycles. The molecule has 0 fully saturated rings. The predicted octanol–water partition coefficient (Wildman–Crippen LogP) is 2.30. The van der Waals surface area contributed by atoms with Crippen molar-refractivity contribution in [3.63, 3.8) is 0 Å². The first kappa shape index (κ1) is 15.9. The molecule has 4 heteroatoms. The third-order valence-corrected chi connectivity index (χ3v) is 3.52. The SMILES string of the molecule is CCN(CC)CCCNc1nc(C)cc(C)c1CN. The van der Waals surface area contributed by atoms with Gasteiger partial charge in [-0.1, -0.05) is 13.8 Å². The van der Waals surface area contributed by atoms with Crippen LogP contribution in [-0.2, 0) is 6.54 Å². The molecule has 19 heavy (non-hydrogen) atoms. The Hall–Kier alpha value is -1.13. The summed E-state index contributed by atoms with van der Waals surface area (Å²) in [5.74, 6) is 0.958. The largest absolute Gasteiger partial charge is 0.370 e. The Labute approximate surface area is 117 Å². The van der Waals surface area contributed by atoms with Crippen LogP contribution in [-0.4, -0.2) is 36.1 Å². The quantitative estimate of drug-likeness (QED) is 0.707. The molecule has 0 bridgehead atoms. The third-order valence-electron chi connectivity index (χ3n) is 3.52. The number of aromatic nitrogens is 1. The Balaban J connectivity index is 2.53. The van der Waals surface area contributed by atoms with Gasteiger partial charge < -0.3 is 16.0 Å². The van der Waals surface area contributed by atoms with Crippen molar-refractivity contribution in [2.24, 2.45) is 5.73 Å². The summed E-state index contributed by atoms with van der Waals surface area (Å²) >= 11 is 0. The highest BCUT2D eigenvalue weighted by Gasteiger charge is 2.07. The van der Waals surface area contributed by atoms with E-state index in [0.29, 0.717) is 6.54 Å². The van der Waals surface area contributed by atoms with Crippen LogP contribution in [0.3, 0.4) is 0 Å². The number of pyridine rings is 1. The van der Waals surface area contributed by atoms with Gasteiger partial charge in [-0.2, -0.15) is 0 Å². The van der Waals surface area contributed by atoms with E-state index in [2.05, 4.69) is 42.0 Å². The first-order chi connectivity index (χ1) is 9.12. The lowest BCUT2D eigenvalue weighted by atomic mass is 10.1. The number of hydrogen-bond acceptors (Lipinski definition) is 4. The zero-order valence-corrected chi connectivity index (χ0v) is 12.8. The third kappa shape index (κ3) is 4.80. The van der Waals surface area contributed by atoms with E-state index in [-0.39, 0.29) is 0 Å². The molecule has 4 nitrogen and oxygen atoms in total. The van der Waals surface area contributed by atoms with E-state index < -0.39 is 0 Å². The van der Waals surface area contributed by atoms with Crippen LogP contribution in [0.2, 0.25) is 0 Å². The Morgan fingerprint density at radius 2 is 1.95 bits per heavy atom. The molecule has 0 aromatic carbocycles. The van der Waals surface area contributed by atoms with Crippen molar-refractivity contribution in [2.45, 2.75) is 40.7 Å². The van der Waals surface area contributed by atoms with Gasteiger partial charge in [-0.3, -0.25) is 0 Å². The minimum atomic E-state index is 0.539. The van der Waals surface area contributed by atoms with Gasteiger partial charge in [-0.05, 0) is 51.5 Å². The van der Waals surface area contributed by atoms with E-state index in [1.165, 1.54) is 5.56 Å². The van der Waals surface area contributed by atoms with E-state index in [4.69, 9.17) is 5.73 Å². The summed E-state index contributed by atoms with van der Waals surface area (Å²) < 4.78 is 0. The highest BCUT2D eigenvalue weighted by molar-refractivity contribution is 5.49. The number of hydrogen-bond donors (Lipinski definition) is 2. The molecule has 1 aromatic rings. The molecule has 0 saturated heterocycles. The summed E-state index contributed by atoms with van der Waals surface area (Å²) in [6.07, 6.45) is 1.13. The zero-order valence-electron chi connectivity index (χ0n) is 12.8. The molecule has 0 aliphatic carbocycles. The molecular weight excluding hydrogens is 236 g/mol. The predicted molar refractivity (Wildman–Crippen MR) is 82.5 cm³/mol. The summed E-state index contributed by atoms with van der Waals surface area (Å²) in [7, 11) is 0. The molecule has 0 radical (unpaired) electrons. The Morgan fingerprint density at radius 1 is 1.26 bits per heavy atom. The molecule has 0 aliphatic rings. The first-order valence-electron chi connectivity index (χ1n) is 7.25. The number of anilines is 1. The molecular formula is C15H28N4. The van der Waals surface area contributed by atoms with Crippen LogP contribution in [0.25, 0.3) is 0 Å². The van der Waals surface area contributed by atoms with Crippen LogP contribution < -0.4 is 11.1 Å². The van der Waals surface area contributed by atoms with Crippen LogP contribution in [0.15, 0.2) is 6.07 Å². The number of rotatable bonds is 8. The fourth-order valence-electron chi connectivity index (χ4n) is 2.32. The van der Waals surface area contributed by atoms with E-state index in [1.807, 2.05) is 6.92 Å². The molecule has 0 unspecified atom stereocenters. The molecule has 0 saturated carbocycles. The highest BCUT2D eigenvalue weighted by Crippen LogP contribution is 2.17. The van der Waals surface area contributed by atoms with E-state index >= 15 is 0 Å². The van der Waals surface area contributed by atoms with Gasteiger partial charge >= 0.3 is 0 Å². The van der Waals surface area contributed by atoms with Crippen molar-refractivity contribution in [3.05, 3.63) is 22.9 Å². The van der Waals surface area contributed by atoms with Crippen LogP contribution >= 0.6 is 0 Å². The Morgan fingerprint density at radius 3 is 2.53 bits per heavy atom. The second-order valence-electron chi connectivity index (χ2n) is 4.92. The van der Waals surface area contributed by atoms with Gasteiger partial charge in [0.1, 0.15) is 5.82 Å². The van der Waals surface area contributed by atoms with Crippen LogP contribution in [0, 0.1) is 13.8 Å². The topological polar surface area (TPSA) is 54.2 Å². The molecule has 1 heterocycles. The summed E-state index contributed by atoms with van der Waals surface area (Å²) in [5.41, 5.74) is 9.21. The van der Waals surface area contributed by atoms with E-state index in [9.17, 15) is 0 Å². The van der Waals surface area contributed by atoms with Gasteiger partial charge in [0, 0.05) is 24.3 Å². The minimum Gasteiger partial charge on any atom is -0.370 e. The van der Waals surface area contributed by atoms with Gasteiger partial charge in [0.05, 0.1) is 0 Å².